The molecule has 0 amide bonds. The van der Waals surface area contributed by atoms with E-state index in [1.54, 1.807) is 26.8 Å². The van der Waals surface area contributed by atoms with Crippen LogP contribution in [-0.4, -0.2) is 35.9 Å². The second kappa shape index (κ2) is 8.39. The van der Waals surface area contributed by atoms with E-state index in [2.05, 4.69) is 20.2 Å². The first-order valence-electron chi connectivity index (χ1n) is 9.50. The van der Waals surface area contributed by atoms with Crippen molar-refractivity contribution >= 4 is 27.6 Å². The van der Waals surface area contributed by atoms with E-state index in [9.17, 15) is 8.42 Å². The Labute approximate surface area is 171 Å². The number of rotatable bonds is 6. The summed E-state index contributed by atoms with van der Waals surface area (Å²) in [6.45, 7) is 5.61. The van der Waals surface area contributed by atoms with Gasteiger partial charge in [0.05, 0.1) is 9.77 Å². The second-order valence-corrected chi connectivity index (χ2v) is 11.2. The number of anilines is 1. The van der Waals surface area contributed by atoms with Gasteiger partial charge in [-0.3, -0.25) is 0 Å². The fourth-order valence-corrected chi connectivity index (χ4v) is 4.27. The van der Waals surface area contributed by atoms with Crippen LogP contribution in [0.25, 0.3) is 11.4 Å². The minimum absolute atomic E-state index is 0.231. The van der Waals surface area contributed by atoms with Crippen molar-refractivity contribution in [2.45, 2.75) is 57.2 Å². The predicted molar refractivity (Wildman–Crippen MR) is 111 cm³/mol. The zero-order valence-corrected chi connectivity index (χ0v) is 18.0. The van der Waals surface area contributed by atoms with Crippen LogP contribution in [0.15, 0.2) is 28.8 Å². The highest BCUT2D eigenvalue weighted by Gasteiger charge is 2.30. The van der Waals surface area contributed by atoms with Crippen molar-refractivity contribution in [2.24, 2.45) is 5.92 Å². The Morgan fingerprint density at radius 1 is 1.18 bits per heavy atom. The first kappa shape index (κ1) is 21.1. The lowest BCUT2D eigenvalue weighted by molar-refractivity contribution is 0.329. The van der Waals surface area contributed by atoms with Crippen LogP contribution in [0.5, 0.6) is 0 Å². The average molecular weight is 427 g/mol. The molecule has 2 N–H and O–H groups in total. The molecule has 1 aromatic carbocycles. The molecule has 154 valence electrons. The van der Waals surface area contributed by atoms with Crippen molar-refractivity contribution < 1.29 is 12.9 Å². The van der Waals surface area contributed by atoms with Crippen molar-refractivity contribution in [3.63, 3.8) is 0 Å². The lowest BCUT2D eigenvalue weighted by Gasteiger charge is -2.29. The lowest BCUT2D eigenvalue weighted by atomic mass is 9.86. The molecule has 2 aromatic rings. The highest BCUT2D eigenvalue weighted by atomic mass is 35.5. The number of nitrogens with one attached hydrogen (secondary N) is 2. The molecule has 0 aliphatic heterocycles. The zero-order valence-electron chi connectivity index (χ0n) is 16.4. The van der Waals surface area contributed by atoms with E-state index >= 15 is 0 Å². The van der Waals surface area contributed by atoms with E-state index in [0.29, 0.717) is 29.3 Å². The van der Waals surface area contributed by atoms with Crippen LogP contribution in [0.3, 0.4) is 0 Å². The molecule has 0 spiro atoms. The summed E-state index contributed by atoms with van der Waals surface area (Å²) in [5.41, 5.74) is 0.732. The molecule has 3 rings (SSSR count). The summed E-state index contributed by atoms with van der Waals surface area (Å²) >= 11 is 6.17. The minimum atomic E-state index is -3.30. The van der Waals surface area contributed by atoms with Crippen molar-refractivity contribution in [3.8, 4) is 11.4 Å². The van der Waals surface area contributed by atoms with Crippen LogP contribution in [0, 0.1) is 5.92 Å². The third-order valence-electron chi connectivity index (χ3n) is 5.08. The third-order valence-corrected chi connectivity index (χ3v) is 7.57. The molecule has 0 unspecified atom stereocenters. The van der Waals surface area contributed by atoms with Gasteiger partial charge >= 0.3 is 6.01 Å². The lowest BCUT2D eigenvalue weighted by Crippen LogP contribution is -2.42. The number of aromatic nitrogens is 2. The Morgan fingerprint density at radius 2 is 1.86 bits per heavy atom. The largest absolute Gasteiger partial charge is 0.335 e. The number of sulfonamides is 1. The Balaban J connectivity index is 1.50. The molecule has 0 bridgehead atoms. The summed E-state index contributed by atoms with van der Waals surface area (Å²) in [5.74, 6) is 0.801. The molecule has 1 heterocycles. The van der Waals surface area contributed by atoms with Crippen LogP contribution < -0.4 is 10.0 Å². The van der Waals surface area contributed by atoms with Gasteiger partial charge in [-0.25, -0.2) is 13.1 Å². The molecule has 1 aliphatic carbocycles. The van der Waals surface area contributed by atoms with Crippen LogP contribution in [0.2, 0.25) is 5.02 Å². The summed E-state index contributed by atoms with van der Waals surface area (Å²) in [6, 6.07) is 7.98. The summed E-state index contributed by atoms with van der Waals surface area (Å²) in [7, 11) is -3.30. The number of hydrogen-bond acceptors (Lipinski definition) is 6. The van der Waals surface area contributed by atoms with Gasteiger partial charge < -0.3 is 9.84 Å². The summed E-state index contributed by atoms with van der Waals surface area (Å²) in [4.78, 5) is 4.39. The van der Waals surface area contributed by atoms with Crippen molar-refractivity contribution in [1.82, 2.24) is 14.9 Å². The van der Waals surface area contributed by atoms with Crippen molar-refractivity contribution in [1.29, 1.82) is 0 Å². The van der Waals surface area contributed by atoms with Gasteiger partial charge in [0.25, 0.3) is 0 Å². The molecule has 0 atom stereocenters. The number of nitrogens with zero attached hydrogens (tertiary/aromatic N) is 2. The van der Waals surface area contributed by atoms with Gasteiger partial charge in [0.1, 0.15) is 0 Å². The van der Waals surface area contributed by atoms with Crippen LogP contribution in [0.4, 0.5) is 6.01 Å². The van der Waals surface area contributed by atoms with E-state index in [4.69, 9.17) is 16.1 Å². The standard InChI is InChI=1S/C19H27ClN4O3S/c1-19(2,3)28(25,26)21-12-13-8-10-14(11-9-13)22-18-23-17(24-27-18)15-6-4-5-7-16(15)20/h4-7,13-14,21H,8-12H2,1-3H3,(H,22,23,24)/t13-,14-. The molecule has 9 heteroatoms. The molecular weight excluding hydrogens is 400 g/mol. The average Bonchev–Trinajstić information content (AvgIpc) is 3.09. The smallest absolute Gasteiger partial charge is 0.322 e. The van der Waals surface area contributed by atoms with Gasteiger partial charge in [0.2, 0.25) is 15.8 Å². The molecular formula is C19H27ClN4O3S. The summed E-state index contributed by atoms with van der Waals surface area (Å²) in [6.07, 6.45) is 3.73. The monoisotopic (exact) mass is 426 g/mol. The van der Waals surface area contributed by atoms with Crippen molar-refractivity contribution in [3.05, 3.63) is 29.3 Å². The maximum atomic E-state index is 12.2. The molecule has 1 saturated carbocycles. The van der Waals surface area contributed by atoms with E-state index in [1.807, 2.05) is 18.2 Å². The molecule has 7 nitrogen and oxygen atoms in total. The fourth-order valence-electron chi connectivity index (χ4n) is 3.16. The van der Waals surface area contributed by atoms with E-state index in [1.165, 1.54) is 0 Å². The van der Waals surface area contributed by atoms with Crippen LogP contribution >= 0.6 is 11.6 Å². The molecule has 1 aliphatic rings. The highest BCUT2D eigenvalue weighted by molar-refractivity contribution is 7.90. The van der Waals surface area contributed by atoms with Gasteiger partial charge in [0, 0.05) is 18.2 Å². The van der Waals surface area contributed by atoms with Gasteiger partial charge in [-0.2, -0.15) is 4.98 Å². The van der Waals surface area contributed by atoms with Crippen LogP contribution in [0.1, 0.15) is 46.5 Å². The second-order valence-electron chi connectivity index (χ2n) is 8.23. The molecule has 0 saturated heterocycles. The maximum Gasteiger partial charge on any atom is 0.322 e. The number of halogens is 1. The quantitative estimate of drug-likeness (QED) is 0.722. The van der Waals surface area contributed by atoms with E-state index < -0.39 is 14.8 Å². The Hall–Kier alpha value is -1.64. The number of hydrogen-bond donors (Lipinski definition) is 2. The maximum absolute atomic E-state index is 12.2. The van der Waals surface area contributed by atoms with Gasteiger partial charge in [-0.15, -0.1) is 0 Å². The van der Waals surface area contributed by atoms with E-state index in [0.717, 1.165) is 31.2 Å². The van der Waals surface area contributed by atoms with E-state index in [-0.39, 0.29) is 6.04 Å². The molecule has 28 heavy (non-hydrogen) atoms. The molecule has 1 fully saturated rings. The Kier molecular flexibility index (Phi) is 6.31. The van der Waals surface area contributed by atoms with Crippen molar-refractivity contribution in [2.75, 3.05) is 11.9 Å². The highest BCUT2D eigenvalue weighted by Crippen LogP contribution is 2.29. The third kappa shape index (κ3) is 5.04. The summed E-state index contributed by atoms with van der Waals surface area (Å²) < 4.78 is 31.6. The minimum Gasteiger partial charge on any atom is -0.335 e. The topological polar surface area (TPSA) is 97.1 Å². The Morgan fingerprint density at radius 3 is 2.50 bits per heavy atom. The van der Waals surface area contributed by atoms with Gasteiger partial charge in [-0.1, -0.05) is 28.9 Å². The zero-order chi connectivity index (χ0) is 20.4. The molecule has 1 aromatic heterocycles. The normalized spacial score (nSPS) is 20.9. The van der Waals surface area contributed by atoms with Crippen LogP contribution in [-0.2, 0) is 10.0 Å². The summed E-state index contributed by atoms with van der Waals surface area (Å²) in [5, 5.41) is 7.86. The first-order valence-corrected chi connectivity index (χ1v) is 11.4. The first-order chi connectivity index (χ1) is 13.2. The molecule has 0 radical (unpaired) electrons. The predicted octanol–water partition coefficient (Wildman–Crippen LogP) is 4.08. The SMILES string of the molecule is CC(C)(C)S(=O)(=O)NC[C@H]1CC[C@H](Nc2nc(-c3ccccc3Cl)no2)CC1. The van der Waals surface area contributed by atoms with Gasteiger partial charge in [0.15, 0.2) is 0 Å². The van der Waals surface area contributed by atoms with Gasteiger partial charge in [-0.05, 0) is 64.5 Å². The Bertz CT molecular complexity index is 900. The fraction of sp³-hybridized carbons (Fsp3) is 0.579. The number of benzene rings is 1.